The first-order valence-corrected chi connectivity index (χ1v) is 15.2. The first-order valence-electron chi connectivity index (χ1n) is 12.3. The molecule has 36 heavy (non-hydrogen) atoms. The Hall–Kier alpha value is -2.90. The van der Waals surface area contributed by atoms with Crippen molar-refractivity contribution < 1.29 is 24.5 Å². The molecule has 3 N–H and O–H groups in total. The van der Waals surface area contributed by atoms with Crippen molar-refractivity contribution >= 4 is 19.2 Å². The summed E-state index contributed by atoms with van der Waals surface area (Å²) in [5.74, 6) is -0.328. The number of aliphatic hydroxyl groups excluding tert-OH is 1. The van der Waals surface area contributed by atoms with E-state index in [1.165, 1.54) is 4.57 Å². The van der Waals surface area contributed by atoms with Gasteiger partial charge in [0.05, 0.1) is 34.0 Å². The first kappa shape index (κ1) is 24.8. The van der Waals surface area contributed by atoms with Gasteiger partial charge in [0.25, 0.3) is 0 Å². The molecule has 9 heteroatoms. The predicted octanol–water partition coefficient (Wildman–Crippen LogP) is 4.93. The molecule has 1 aromatic carbocycles. The third-order valence-corrected chi connectivity index (χ3v) is 13.1. The highest BCUT2D eigenvalue weighted by molar-refractivity contribution is 6.74. The SMILES string of the molecule is CC(C)(C)[Si](C)(C)OCC[C@@]12C[C@@H](O)[C@@](C)(O1)c1c2c(O)n(-c2ccc(C#N)c3ncccc23)c1O. The van der Waals surface area contributed by atoms with Crippen molar-refractivity contribution in [2.75, 3.05) is 6.61 Å². The third kappa shape index (κ3) is 3.25. The maximum absolute atomic E-state index is 11.6. The molecule has 0 saturated carbocycles. The second kappa shape index (κ2) is 7.80. The van der Waals surface area contributed by atoms with Crippen molar-refractivity contribution in [3.8, 4) is 23.5 Å². The fourth-order valence-corrected chi connectivity index (χ4v) is 6.52. The molecule has 0 spiro atoms. The molecule has 2 bridgehead atoms. The van der Waals surface area contributed by atoms with Crippen LogP contribution >= 0.6 is 0 Å². The summed E-state index contributed by atoms with van der Waals surface area (Å²) in [4.78, 5) is 4.35. The van der Waals surface area contributed by atoms with E-state index in [-0.39, 0.29) is 16.8 Å². The van der Waals surface area contributed by atoms with Crippen LogP contribution < -0.4 is 0 Å². The average molecular weight is 508 g/mol. The average Bonchev–Trinajstić information content (AvgIpc) is 3.33. The van der Waals surface area contributed by atoms with Gasteiger partial charge in [-0.25, -0.2) is 0 Å². The lowest BCUT2D eigenvalue weighted by Crippen LogP contribution is -2.42. The lowest BCUT2D eigenvalue weighted by atomic mass is 9.76. The van der Waals surface area contributed by atoms with Gasteiger partial charge in [-0.3, -0.25) is 9.55 Å². The van der Waals surface area contributed by atoms with Crippen LogP contribution in [0.4, 0.5) is 0 Å². The predicted molar refractivity (Wildman–Crippen MR) is 138 cm³/mol. The van der Waals surface area contributed by atoms with E-state index in [1.54, 1.807) is 37.4 Å². The standard InChI is InChI=1S/C27H33N3O5Si/c1-25(2,3)36(5,6)34-13-11-27-14-19(31)26(4,35-27)20-21(27)24(33)30(23(20)32)18-10-9-16(15-28)22-17(18)8-7-12-29-22/h7-10,12,19,31-33H,11,13-14H2,1-6H3/t19-,26-,27+/m1/s1. The summed E-state index contributed by atoms with van der Waals surface area (Å²) in [5, 5.41) is 44.2. The fourth-order valence-electron chi connectivity index (χ4n) is 5.48. The summed E-state index contributed by atoms with van der Waals surface area (Å²) in [6, 6.07) is 9.00. The Morgan fingerprint density at radius 3 is 2.58 bits per heavy atom. The van der Waals surface area contributed by atoms with Crippen LogP contribution in [0.2, 0.25) is 18.1 Å². The number of aromatic nitrogens is 2. The Morgan fingerprint density at radius 1 is 1.22 bits per heavy atom. The molecule has 190 valence electrons. The molecule has 8 nitrogen and oxygen atoms in total. The van der Waals surface area contributed by atoms with Gasteiger partial charge in [-0.2, -0.15) is 5.26 Å². The van der Waals surface area contributed by atoms with E-state index in [0.717, 1.165) is 0 Å². The zero-order chi connectivity index (χ0) is 26.3. The minimum atomic E-state index is -2.02. The Kier molecular flexibility index (Phi) is 5.37. The maximum Gasteiger partial charge on any atom is 0.205 e. The smallest absolute Gasteiger partial charge is 0.205 e. The highest BCUT2D eigenvalue weighted by Gasteiger charge is 2.66. The second-order valence-corrected chi connectivity index (χ2v) is 16.5. The zero-order valence-corrected chi connectivity index (χ0v) is 22.6. The summed E-state index contributed by atoms with van der Waals surface area (Å²) in [7, 11) is -2.02. The zero-order valence-electron chi connectivity index (χ0n) is 21.6. The number of fused-ring (bicyclic) bond motifs is 6. The number of rotatable bonds is 5. The van der Waals surface area contributed by atoms with Crippen molar-refractivity contribution in [2.45, 2.75) is 76.0 Å². The monoisotopic (exact) mass is 507 g/mol. The van der Waals surface area contributed by atoms with Crippen LogP contribution in [0.1, 0.15) is 57.2 Å². The van der Waals surface area contributed by atoms with Crippen LogP contribution in [-0.4, -0.2) is 45.9 Å². The topological polar surface area (TPSA) is 121 Å². The number of aromatic hydroxyl groups is 2. The fraction of sp³-hybridized carbons (Fsp3) is 0.481. The summed E-state index contributed by atoms with van der Waals surface area (Å²) in [5.41, 5.74) is 0.109. The number of nitriles is 1. The van der Waals surface area contributed by atoms with E-state index in [4.69, 9.17) is 9.16 Å². The highest BCUT2D eigenvalue weighted by Crippen LogP contribution is 2.65. The lowest BCUT2D eigenvalue weighted by Gasteiger charge is -2.37. The number of nitrogens with zero attached hydrogens (tertiary/aromatic N) is 3. The van der Waals surface area contributed by atoms with Gasteiger partial charge < -0.3 is 24.5 Å². The van der Waals surface area contributed by atoms with Crippen LogP contribution in [0.3, 0.4) is 0 Å². The molecule has 2 aromatic heterocycles. The molecule has 2 aliphatic heterocycles. The molecule has 3 aromatic rings. The van der Waals surface area contributed by atoms with Crippen molar-refractivity contribution in [1.29, 1.82) is 5.26 Å². The quantitative estimate of drug-likeness (QED) is 0.419. The van der Waals surface area contributed by atoms with Crippen LogP contribution in [0.5, 0.6) is 11.8 Å². The summed E-state index contributed by atoms with van der Waals surface area (Å²) >= 11 is 0. The molecular weight excluding hydrogens is 474 g/mol. The molecule has 1 saturated heterocycles. The largest absolute Gasteiger partial charge is 0.494 e. The van der Waals surface area contributed by atoms with E-state index < -0.39 is 25.6 Å². The van der Waals surface area contributed by atoms with Gasteiger partial charge >= 0.3 is 0 Å². The van der Waals surface area contributed by atoms with Gasteiger partial charge in [-0.05, 0) is 49.3 Å². The molecule has 0 aliphatic carbocycles. The van der Waals surface area contributed by atoms with Gasteiger partial charge in [0, 0.05) is 31.0 Å². The highest BCUT2D eigenvalue weighted by atomic mass is 28.4. The molecule has 0 radical (unpaired) electrons. The van der Waals surface area contributed by atoms with Crippen molar-refractivity contribution in [3.05, 3.63) is 47.2 Å². The molecule has 0 unspecified atom stereocenters. The van der Waals surface area contributed by atoms with Gasteiger partial charge in [0.1, 0.15) is 17.3 Å². The molecule has 5 rings (SSSR count). The summed E-state index contributed by atoms with van der Waals surface area (Å²) in [6.45, 7) is 13.1. The van der Waals surface area contributed by atoms with E-state index >= 15 is 0 Å². The minimum Gasteiger partial charge on any atom is -0.494 e. The number of benzene rings is 1. The van der Waals surface area contributed by atoms with E-state index in [1.807, 2.05) is 0 Å². The van der Waals surface area contributed by atoms with Crippen LogP contribution in [0, 0.1) is 11.3 Å². The van der Waals surface area contributed by atoms with Gasteiger partial charge in [-0.15, -0.1) is 0 Å². The second-order valence-electron chi connectivity index (χ2n) is 11.7. The first-order chi connectivity index (χ1) is 16.8. The molecule has 4 heterocycles. The number of ether oxygens (including phenoxy) is 1. The lowest BCUT2D eigenvalue weighted by molar-refractivity contribution is -0.107. The molecule has 0 amide bonds. The maximum atomic E-state index is 11.6. The van der Waals surface area contributed by atoms with Gasteiger partial charge in [-0.1, -0.05) is 20.8 Å². The van der Waals surface area contributed by atoms with Crippen LogP contribution in [0.15, 0.2) is 30.5 Å². The Bertz CT molecular complexity index is 1420. The Balaban J connectivity index is 1.63. The number of hydrogen-bond donors (Lipinski definition) is 3. The van der Waals surface area contributed by atoms with Crippen LogP contribution in [-0.2, 0) is 20.4 Å². The Morgan fingerprint density at radius 2 is 1.92 bits per heavy atom. The summed E-state index contributed by atoms with van der Waals surface area (Å²) < 4.78 is 14.2. The van der Waals surface area contributed by atoms with Crippen molar-refractivity contribution in [1.82, 2.24) is 9.55 Å². The van der Waals surface area contributed by atoms with Crippen molar-refractivity contribution in [2.24, 2.45) is 0 Å². The molecule has 1 fully saturated rings. The molecular formula is C27H33N3O5Si. The van der Waals surface area contributed by atoms with E-state index in [9.17, 15) is 20.6 Å². The summed E-state index contributed by atoms with van der Waals surface area (Å²) in [6.07, 6.45) is 1.49. The molecule has 3 atom stereocenters. The normalized spacial score (nSPS) is 25.3. The third-order valence-electron chi connectivity index (χ3n) is 8.52. The van der Waals surface area contributed by atoms with Crippen LogP contribution in [0.25, 0.3) is 16.6 Å². The van der Waals surface area contributed by atoms with E-state index in [2.05, 4.69) is 44.9 Å². The Labute approximate surface area is 211 Å². The van der Waals surface area contributed by atoms with Crippen molar-refractivity contribution in [3.63, 3.8) is 0 Å². The van der Waals surface area contributed by atoms with E-state index in [0.29, 0.717) is 52.7 Å². The number of aliphatic hydroxyl groups is 1. The minimum absolute atomic E-state index is 0.0461. The number of pyridine rings is 1. The molecule has 2 aliphatic rings. The van der Waals surface area contributed by atoms with Gasteiger partial charge in [0.15, 0.2) is 8.32 Å². The number of hydrogen-bond acceptors (Lipinski definition) is 7. The van der Waals surface area contributed by atoms with Gasteiger partial charge in [0.2, 0.25) is 11.8 Å².